The number of carbonyl (C=O) groups excluding carboxylic acids is 1. The van der Waals surface area contributed by atoms with Crippen molar-refractivity contribution >= 4 is 16.9 Å². The first-order chi connectivity index (χ1) is 19.2. The maximum atomic E-state index is 12.5. The predicted octanol–water partition coefficient (Wildman–Crippen LogP) is 10.1. The number of unbranched alkanes of at least 4 members (excludes halogenated alkanes) is 11. The Hall–Kier alpha value is -2.33. The fourth-order valence-electron chi connectivity index (χ4n) is 5.20. The van der Waals surface area contributed by atoms with Gasteiger partial charge in [0.05, 0.1) is 5.60 Å². The van der Waals surface area contributed by atoms with Gasteiger partial charge in [-0.2, -0.15) is 0 Å². The molecule has 0 saturated carbocycles. The lowest BCUT2D eigenvalue weighted by molar-refractivity contribution is -0.145. The van der Waals surface area contributed by atoms with Crippen LogP contribution in [0.25, 0.3) is 10.9 Å². The highest BCUT2D eigenvalue weighted by Gasteiger charge is 2.31. The lowest BCUT2D eigenvalue weighted by Crippen LogP contribution is -2.33. The Labute approximate surface area is 244 Å². The van der Waals surface area contributed by atoms with Gasteiger partial charge in [0, 0.05) is 29.4 Å². The fourth-order valence-corrected chi connectivity index (χ4v) is 5.20. The van der Waals surface area contributed by atoms with Crippen LogP contribution in [0.1, 0.15) is 142 Å². The summed E-state index contributed by atoms with van der Waals surface area (Å²) in [5, 5.41) is 12.0. The van der Waals surface area contributed by atoms with Gasteiger partial charge < -0.3 is 14.8 Å². The quantitative estimate of drug-likeness (QED) is 0.0921. The Morgan fingerprint density at radius 1 is 0.950 bits per heavy atom. The normalized spacial score (nSPS) is 12.8. The number of aromatic nitrogens is 1. The van der Waals surface area contributed by atoms with Gasteiger partial charge in [-0.3, -0.25) is 4.79 Å². The van der Waals surface area contributed by atoms with Crippen LogP contribution in [-0.2, 0) is 16.0 Å². The van der Waals surface area contributed by atoms with Gasteiger partial charge in [0.2, 0.25) is 0 Å². The average Bonchev–Trinajstić information content (AvgIpc) is 3.31. The van der Waals surface area contributed by atoms with E-state index >= 15 is 0 Å². The van der Waals surface area contributed by atoms with Gasteiger partial charge in [-0.1, -0.05) is 94.2 Å². The van der Waals surface area contributed by atoms with E-state index in [4.69, 9.17) is 4.74 Å². The molecule has 1 aromatic carbocycles. The van der Waals surface area contributed by atoms with Crippen molar-refractivity contribution in [3.8, 4) is 0 Å². The molecule has 0 saturated heterocycles. The van der Waals surface area contributed by atoms with Crippen molar-refractivity contribution in [2.45, 2.75) is 142 Å². The number of fused-ring (bicyclic) bond motifs is 1. The number of rotatable bonds is 21. The van der Waals surface area contributed by atoms with Crippen LogP contribution in [0.2, 0.25) is 0 Å². The number of ether oxygens (including phenoxy) is 1. The fraction of sp³-hybridized carbons (Fsp3) is 0.639. The molecule has 1 heterocycles. The number of benzene rings is 1. The molecule has 0 bridgehead atoms. The molecule has 0 spiro atoms. The minimum atomic E-state index is -1.01. The molecule has 4 nitrogen and oxygen atoms in total. The Bertz CT molecular complexity index is 1040. The second-order valence-corrected chi connectivity index (χ2v) is 12.3. The van der Waals surface area contributed by atoms with E-state index in [0.717, 1.165) is 42.1 Å². The average molecular weight is 552 g/mol. The molecule has 0 fully saturated rings. The van der Waals surface area contributed by atoms with E-state index in [2.05, 4.69) is 62.2 Å². The summed E-state index contributed by atoms with van der Waals surface area (Å²) in [6.45, 7) is 10.2. The molecule has 1 unspecified atom stereocenters. The molecule has 1 atom stereocenters. The summed E-state index contributed by atoms with van der Waals surface area (Å²) in [5.74, 6) is -0.473. The highest BCUT2D eigenvalue weighted by molar-refractivity contribution is 5.84. The molecular formula is C36H57NO3. The molecule has 40 heavy (non-hydrogen) atoms. The second kappa shape index (κ2) is 18.9. The van der Waals surface area contributed by atoms with E-state index in [0.29, 0.717) is 6.42 Å². The zero-order valence-corrected chi connectivity index (χ0v) is 26.2. The van der Waals surface area contributed by atoms with Gasteiger partial charge in [-0.25, -0.2) is 0 Å². The van der Waals surface area contributed by atoms with Crippen molar-refractivity contribution in [1.82, 2.24) is 4.98 Å². The molecule has 4 heteroatoms. The minimum absolute atomic E-state index is 0.171. The predicted molar refractivity (Wildman–Crippen MR) is 171 cm³/mol. The second-order valence-electron chi connectivity index (χ2n) is 12.3. The number of esters is 1. The van der Waals surface area contributed by atoms with Crippen molar-refractivity contribution in [2.24, 2.45) is 0 Å². The molecule has 2 aromatic rings. The van der Waals surface area contributed by atoms with E-state index < -0.39 is 5.60 Å². The molecule has 1 aromatic heterocycles. The third-order valence-electron chi connectivity index (χ3n) is 7.81. The summed E-state index contributed by atoms with van der Waals surface area (Å²) in [7, 11) is 0. The van der Waals surface area contributed by atoms with Gasteiger partial charge in [0.25, 0.3) is 0 Å². The van der Waals surface area contributed by atoms with Gasteiger partial charge in [0.1, 0.15) is 6.61 Å². The number of hydrogen-bond donors (Lipinski definition) is 2. The number of hydrogen-bond acceptors (Lipinski definition) is 3. The van der Waals surface area contributed by atoms with E-state index in [1.807, 2.05) is 6.20 Å². The van der Waals surface area contributed by atoms with Crippen LogP contribution in [0, 0.1) is 0 Å². The van der Waals surface area contributed by atoms with Crippen LogP contribution < -0.4 is 0 Å². The van der Waals surface area contributed by atoms with Gasteiger partial charge in [0.15, 0.2) is 0 Å². The standard InChI is InChI=1S/C36H57NO3/c1-6-7-8-9-10-11-12-13-14-15-16-17-18-19-20-21-35(38)40-28-33(36(4,5)39)32-27-37-34-26-30(23-22-29(2)3)24-25-31(32)34/h13-14,22,24-27,33,37,39H,6-12,15-21,23,28H2,1-5H3. The Morgan fingerprint density at radius 3 is 2.20 bits per heavy atom. The molecular weight excluding hydrogens is 494 g/mol. The van der Waals surface area contributed by atoms with Crippen LogP contribution >= 0.6 is 0 Å². The first-order valence-electron chi connectivity index (χ1n) is 16.0. The van der Waals surface area contributed by atoms with Crippen LogP contribution in [0.5, 0.6) is 0 Å². The van der Waals surface area contributed by atoms with E-state index in [9.17, 15) is 9.90 Å². The Kier molecular flexibility index (Phi) is 16.0. The third kappa shape index (κ3) is 13.4. The highest BCUT2D eigenvalue weighted by Crippen LogP contribution is 2.34. The number of H-pyrrole nitrogens is 1. The summed E-state index contributed by atoms with van der Waals surface area (Å²) < 4.78 is 5.68. The summed E-state index contributed by atoms with van der Waals surface area (Å²) >= 11 is 0. The first-order valence-corrected chi connectivity index (χ1v) is 16.0. The third-order valence-corrected chi connectivity index (χ3v) is 7.81. The molecule has 2 N–H and O–H groups in total. The summed E-state index contributed by atoms with van der Waals surface area (Å²) in [4.78, 5) is 15.9. The molecule has 0 aliphatic carbocycles. The number of aromatic amines is 1. The van der Waals surface area contributed by atoms with Gasteiger partial charge in [-0.15, -0.1) is 0 Å². The summed E-state index contributed by atoms with van der Waals surface area (Å²) in [6, 6.07) is 6.42. The lowest BCUT2D eigenvalue weighted by atomic mass is 9.85. The molecule has 224 valence electrons. The zero-order valence-electron chi connectivity index (χ0n) is 26.2. The SMILES string of the molecule is CCCCCCCCC=CCCCCCCCC(=O)OCC(c1c[nH]c2cc(CC=C(C)C)ccc12)C(C)(C)O. The topological polar surface area (TPSA) is 62.3 Å². The Morgan fingerprint density at radius 2 is 1.57 bits per heavy atom. The van der Waals surface area contributed by atoms with E-state index in [1.54, 1.807) is 13.8 Å². The van der Waals surface area contributed by atoms with Crippen molar-refractivity contribution in [2.75, 3.05) is 6.61 Å². The molecule has 0 aliphatic heterocycles. The smallest absolute Gasteiger partial charge is 0.305 e. The van der Waals surface area contributed by atoms with Gasteiger partial charge in [-0.05, 0) is 83.4 Å². The highest BCUT2D eigenvalue weighted by atomic mass is 16.5. The summed E-state index contributed by atoms with van der Waals surface area (Å²) in [5.41, 5.74) is 3.57. The molecule has 0 amide bonds. The number of aliphatic hydroxyl groups is 1. The maximum absolute atomic E-state index is 12.5. The maximum Gasteiger partial charge on any atom is 0.305 e. The monoisotopic (exact) mass is 551 g/mol. The van der Waals surface area contributed by atoms with Crippen LogP contribution in [0.15, 0.2) is 48.2 Å². The van der Waals surface area contributed by atoms with Crippen LogP contribution in [0.4, 0.5) is 0 Å². The van der Waals surface area contributed by atoms with Crippen molar-refractivity contribution in [3.05, 3.63) is 59.3 Å². The van der Waals surface area contributed by atoms with Crippen LogP contribution in [-0.4, -0.2) is 28.3 Å². The van der Waals surface area contributed by atoms with Gasteiger partial charge >= 0.3 is 5.97 Å². The first kappa shape index (κ1) is 33.9. The lowest BCUT2D eigenvalue weighted by Gasteiger charge is -2.29. The number of allylic oxidation sites excluding steroid dienone is 4. The van der Waals surface area contributed by atoms with Crippen LogP contribution in [0.3, 0.4) is 0 Å². The number of carbonyl (C=O) groups is 1. The van der Waals surface area contributed by atoms with Crippen molar-refractivity contribution in [3.63, 3.8) is 0 Å². The zero-order chi connectivity index (χ0) is 29.2. The number of nitrogens with one attached hydrogen (secondary N) is 1. The molecule has 0 radical (unpaired) electrons. The van der Waals surface area contributed by atoms with Crippen molar-refractivity contribution in [1.29, 1.82) is 0 Å². The molecule has 2 rings (SSSR count). The summed E-state index contributed by atoms with van der Waals surface area (Å²) in [6.07, 6.45) is 26.3. The minimum Gasteiger partial charge on any atom is -0.465 e. The molecule has 0 aliphatic rings. The van der Waals surface area contributed by atoms with Crippen molar-refractivity contribution < 1.29 is 14.6 Å². The van der Waals surface area contributed by atoms with E-state index in [-0.39, 0.29) is 18.5 Å². The van der Waals surface area contributed by atoms with E-state index in [1.165, 1.54) is 75.3 Å². The largest absolute Gasteiger partial charge is 0.465 e. The Balaban J connectivity index is 1.66.